The van der Waals surface area contributed by atoms with E-state index in [9.17, 15) is 4.79 Å². The molecule has 9 nitrogen and oxygen atoms in total. The molecule has 34 heavy (non-hydrogen) atoms. The fourth-order valence-electron chi connectivity index (χ4n) is 4.52. The van der Waals surface area contributed by atoms with Gasteiger partial charge in [0.15, 0.2) is 5.82 Å². The summed E-state index contributed by atoms with van der Waals surface area (Å²) in [4.78, 5) is 21.0. The third-order valence-electron chi connectivity index (χ3n) is 6.33. The molecule has 0 unspecified atom stereocenters. The highest BCUT2D eigenvalue weighted by Crippen LogP contribution is 2.29. The Hall–Kier alpha value is -3.56. The third kappa shape index (κ3) is 4.57. The zero-order chi connectivity index (χ0) is 23.5. The van der Waals surface area contributed by atoms with Crippen LogP contribution in [0.3, 0.4) is 0 Å². The van der Waals surface area contributed by atoms with Gasteiger partial charge in [-0.15, -0.1) is 5.10 Å². The number of aromatic amines is 1. The van der Waals surface area contributed by atoms with Crippen molar-refractivity contribution in [2.75, 3.05) is 39.8 Å². The maximum atomic E-state index is 13.4. The number of pyridine rings is 1. The number of nitrogens with zero attached hydrogens (tertiary/aromatic N) is 6. The standard InChI is InChI=1S/C25H29N7O2/c1-3-34-20-9-10-22-19(15-20)16-21(25(33)26-22)23(31-13-11-30(2)12-14-31)24-27-28-29-32(24)17-18-7-5-4-6-8-18/h4-10,15-16,23H,3,11-14,17H2,1-2H3,(H,26,33)/t23-/m0/s1. The summed E-state index contributed by atoms with van der Waals surface area (Å²) in [6, 6.07) is 17.4. The van der Waals surface area contributed by atoms with Gasteiger partial charge in [-0.1, -0.05) is 30.3 Å². The fraction of sp³-hybridized carbons (Fsp3) is 0.360. The third-order valence-corrected chi connectivity index (χ3v) is 6.33. The largest absolute Gasteiger partial charge is 0.494 e. The van der Waals surface area contributed by atoms with Crippen LogP contribution >= 0.6 is 0 Å². The van der Waals surface area contributed by atoms with Crippen molar-refractivity contribution in [1.82, 2.24) is 35.0 Å². The smallest absolute Gasteiger partial charge is 0.253 e. The lowest BCUT2D eigenvalue weighted by Crippen LogP contribution is -2.47. The maximum Gasteiger partial charge on any atom is 0.253 e. The molecule has 1 aliphatic heterocycles. The van der Waals surface area contributed by atoms with E-state index in [0.29, 0.717) is 24.5 Å². The van der Waals surface area contributed by atoms with Gasteiger partial charge in [-0.25, -0.2) is 4.68 Å². The Kier molecular flexibility index (Phi) is 6.37. The van der Waals surface area contributed by atoms with Crippen LogP contribution in [0.25, 0.3) is 10.9 Å². The van der Waals surface area contributed by atoms with Crippen molar-refractivity contribution in [3.05, 3.63) is 81.9 Å². The molecule has 1 saturated heterocycles. The van der Waals surface area contributed by atoms with E-state index in [0.717, 1.165) is 48.4 Å². The average molecular weight is 460 g/mol. The Bertz CT molecular complexity index is 1310. The first-order valence-electron chi connectivity index (χ1n) is 11.6. The Balaban J connectivity index is 1.60. The van der Waals surface area contributed by atoms with Gasteiger partial charge >= 0.3 is 0 Å². The first-order valence-corrected chi connectivity index (χ1v) is 11.6. The van der Waals surface area contributed by atoms with E-state index in [4.69, 9.17) is 4.74 Å². The van der Waals surface area contributed by atoms with Crippen molar-refractivity contribution in [3.63, 3.8) is 0 Å². The Morgan fingerprint density at radius 1 is 1.06 bits per heavy atom. The first kappa shape index (κ1) is 22.2. The molecule has 2 aromatic heterocycles. The van der Waals surface area contributed by atoms with Gasteiger partial charge in [0.2, 0.25) is 0 Å². The minimum absolute atomic E-state index is 0.130. The SMILES string of the molecule is CCOc1ccc2[nH]c(=O)c([C@@H](c3nnnn3Cc3ccccc3)N3CCN(C)CC3)cc2c1. The predicted octanol–water partition coefficient (Wildman–Crippen LogP) is 2.30. The quantitative estimate of drug-likeness (QED) is 0.453. The molecule has 3 heterocycles. The number of nitrogens with one attached hydrogen (secondary N) is 1. The molecule has 0 bridgehead atoms. The summed E-state index contributed by atoms with van der Waals surface area (Å²) in [5.41, 5.74) is 2.38. The van der Waals surface area contributed by atoms with Crippen LogP contribution in [-0.4, -0.2) is 74.8 Å². The molecule has 0 saturated carbocycles. The number of piperazine rings is 1. The Labute approximate surface area is 198 Å². The second-order valence-corrected chi connectivity index (χ2v) is 8.66. The molecule has 0 aliphatic carbocycles. The van der Waals surface area contributed by atoms with Crippen molar-refractivity contribution in [2.24, 2.45) is 0 Å². The van der Waals surface area contributed by atoms with Gasteiger partial charge in [-0.05, 0) is 54.2 Å². The summed E-state index contributed by atoms with van der Waals surface area (Å²) in [7, 11) is 2.11. The molecule has 176 valence electrons. The number of aromatic nitrogens is 5. The number of H-pyrrole nitrogens is 1. The maximum absolute atomic E-state index is 13.4. The highest BCUT2D eigenvalue weighted by molar-refractivity contribution is 5.80. The molecule has 5 rings (SSSR count). The van der Waals surface area contributed by atoms with Crippen LogP contribution < -0.4 is 10.3 Å². The predicted molar refractivity (Wildman–Crippen MR) is 130 cm³/mol. The molecular formula is C25H29N7O2. The summed E-state index contributed by atoms with van der Waals surface area (Å²) < 4.78 is 7.49. The molecule has 4 aromatic rings. The van der Waals surface area contributed by atoms with Crippen LogP contribution in [0, 0.1) is 0 Å². The monoisotopic (exact) mass is 459 g/mol. The lowest BCUT2D eigenvalue weighted by molar-refractivity contribution is 0.121. The van der Waals surface area contributed by atoms with Crippen LogP contribution in [0.15, 0.2) is 59.4 Å². The molecule has 1 aliphatic rings. The van der Waals surface area contributed by atoms with Crippen molar-refractivity contribution >= 4 is 10.9 Å². The summed E-state index contributed by atoms with van der Waals surface area (Å²) in [6.45, 7) is 6.53. The fourth-order valence-corrected chi connectivity index (χ4v) is 4.52. The number of hydrogen-bond donors (Lipinski definition) is 1. The Morgan fingerprint density at radius 3 is 2.62 bits per heavy atom. The van der Waals surface area contributed by atoms with E-state index in [-0.39, 0.29) is 11.6 Å². The van der Waals surface area contributed by atoms with Crippen LogP contribution in [0.1, 0.15) is 29.9 Å². The lowest BCUT2D eigenvalue weighted by Gasteiger charge is -2.37. The van der Waals surface area contributed by atoms with Crippen molar-refractivity contribution < 1.29 is 4.74 Å². The van der Waals surface area contributed by atoms with E-state index < -0.39 is 0 Å². The number of ether oxygens (including phenoxy) is 1. The lowest BCUT2D eigenvalue weighted by atomic mass is 10.0. The van der Waals surface area contributed by atoms with Gasteiger partial charge in [0.05, 0.1) is 13.2 Å². The molecule has 9 heteroatoms. The highest BCUT2D eigenvalue weighted by Gasteiger charge is 2.32. The zero-order valence-electron chi connectivity index (χ0n) is 19.5. The second kappa shape index (κ2) is 9.74. The van der Waals surface area contributed by atoms with Crippen molar-refractivity contribution in [1.29, 1.82) is 0 Å². The minimum Gasteiger partial charge on any atom is -0.494 e. The van der Waals surface area contributed by atoms with E-state index in [1.807, 2.05) is 49.4 Å². The first-order chi connectivity index (χ1) is 16.6. The van der Waals surface area contributed by atoms with Gasteiger partial charge in [-0.2, -0.15) is 0 Å². The average Bonchev–Trinajstić information content (AvgIpc) is 3.29. The number of fused-ring (bicyclic) bond motifs is 1. The minimum atomic E-state index is -0.365. The van der Waals surface area contributed by atoms with Crippen molar-refractivity contribution in [2.45, 2.75) is 19.5 Å². The van der Waals surface area contributed by atoms with Gasteiger partial charge in [-0.3, -0.25) is 9.69 Å². The molecular weight excluding hydrogens is 430 g/mol. The summed E-state index contributed by atoms with van der Waals surface area (Å²) >= 11 is 0. The van der Waals surface area contributed by atoms with Gasteiger partial charge < -0.3 is 14.6 Å². The van der Waals surface area contributed by atoms with Crippen LogP contribution in [-0.2, 0) is 6.54 Å². The van der Waals surface area contributed by atoms with E-state index in [2.05, 4.69) is 49.5 Å². The molecule has 0 amide bonds. The number of tetrazole rings is 1. The zero-order valence-corrected chi connectivity index (χ0v) is 19.5. The van der Waals surface area contributed by atoms with Crippen molar-refractivity contribution in [3.8, 4) is 5.75 Å². The van der Waals surface area contributed by atoms with Crippen LogP contribution in [0.2, 0.25) is 0 Å². The number of benzene rings is 2. The number of rotatable bonds is 7. The molecule has 1 atom stereocenters. The summed E-state index contributed by atoms with van der Waals surface area (Å²) in [6.07, 6.45) is 0. The van der Waals surface area contributed by atoms with Gasteiger partial charge in [0, 0.05) is 42.6 Å². The molecule has 0 spiro atoms. The normalized spacial score (nSPS) is 16.1. The molecule has 0 radical (unpaired) electrons. The van der Waals surface area contributed by atoms with Gasteiger partial charge in [0.1, 0.15) is 11.8 Å². The topological polar surface area (TPSA) is 92.2 Å². The van der Waals surface area contributed by atoms with E-state index in [1.54, 1.807) is 4.68 Å². The van der Waals surface area contributed by atoms with Crippen LogP contribution in [0.5, 0.6) is 5.75 Å². The molecule has 2 aromatic carbocycles. The second-order valence-electron chi connectivity index (χ2n) is 8.66. The van der Waals surface area contributed by atoms with Gasteiger partial charge in [0.25, 0.3) is 5.56 Å². The number of hydrogen-bond acceptors (Lipinski definition) is 7. The van der Waals surface area contributed by atoms with Crippen LogP contribution in [0.4, 0.5) is 0 Å². The highest BCUT2D eigenvalue weighted by atomic mass is 16.5. The van der Waals surface area contributed by atoms with E-state index >= 15 is 0 Å². The molecule has 1 fully saturated rings. The Morgan fingerprint density at radius 2 is 1.85 bits per heavy atom. The number of likely N-dealkylation sites (N-methyl/N-ethyl adjacent to an activating group) is 1. The summed E-state index contributed by atoms with van der Waals surface area (Å²) in [5, 5.41) is 13.6. The summed E-state index contributed by atoms with van der Waals surface area (Å²) in [5.74, 6) is 1.44. The van der Waals surface area contributed by atoms with E-state index in [1.165, 1.54) is 0 Å². The molecule has 1 N–H and O–H groups in total.